The Kier molecular flexibility index (Phi) is 2.58. The first kappa shape index (κ1) is 11.4. The molecule has 2 bridgehead atoms. The summed E-state index contributed by atoms with van der Waals surface area (Å²) in [6.45, 7) is 2.83. The Morgan fingerprint density at radius 2 is 2.26 bits per heavy atom. The summed E-state index contributed by atoms with van der Waals surface area (Å²) in [5.74, 6) is 1.36. The minimum Gasteiger partial charge on any atom is -0.337 e. The van der Waals surface area contributed by atoms with Crippen LogP contribution in [-0.2, 0) is 0 Å². The lowest BCUT2D eigenvalue weighted by molar-refractivity contribution is 0.0690. The van der Waals surface area contributed by atoms with Gasteiger partial charge in [0.2, 0.25) is 0 Å². The highest BCUT2D eigenvalue weighted by Crippen LogP contribution is 2.40. The van der Waals surface area contributed by atoms with Crippen molar-refractivity contribution in [3.8, 4) is 0 Å². The van der Waals surface area contributed by atoms with Crippen LogP contribution < -0.4 is 5.32 Å². The van der Waals surface area contributed by atoms with Crippen LogP contribution in [0.2, 0.25) is 0 Å². The molecule has 2 saturated heterocycles. The molecule has 3 fully saturated rings. The highest BCUT2D eigenvalue weighted by atomic mass is 16.2. The van der Waals surface area contributed by atoms with Gasteiger partial charge >= 0.3 is 0 Å². The molecule has 1 aliphatic carbocycles. The van der Waals surface area contributed by atoms with E-state index in [0.717, 1.165) is 30.9 Å². The Bertz CT molecular complexity index is 500. The number of fused-ring (bicyclic) bond motifs is 2. The maximum Gasteiger partial charge on any atom is 0.255 e. The first-order valence-electron chi connectivity index (χ1n) is 7.29. The lowest BCUT2D eigenvalue weighted by atomic mass is 9.98. The van der Waals surface area contributed by atoms with E-state index < -0.39 is 0 Å². The van der Waals surface area contributed by atoms with Crippen molar-refractivity contribution in [2.75, 3.05) is 19.6 Å². The predicted molar refractivity (Wildman–Crippen MR) is 72.0 cm³/mol. The number of carbonyl (C=O) groups excluding carboxylic acids is 1. The standard InChI is InChI=1S/C15H19N3O/c19-15(18-8-10-6-12(9-18)17-7-10)13-2-1-5-16-14(13)11-3-4-11/h1-2,5,10-12,17H,3-4,6-9H2/t10-,12+/m1/s1. The van der Waals surface area contributed by atoms with Gasteiger partial charge in [-0.2, -0.15) is 0 Å². The van der Waals surface area contributed by atoms with Crippen molar-refractivity contribution in [3.63, 3.8) is 0 Å². The fourth-order valence-electron chi connectivity index (χ4n) is 3.45. The number of amides is 1. The van der Waals surface area contributed by atoms with Crippen LogP contribution in [0.4, 0.5) is 0 Å². The van der Waals surface area contributed by atoms with E-state index in [2.05, 4.69) is 10.3 Å². The van der Waals surface area contributed by atoms with E-state index in [9.17, 15) is 4.79 Å². The van der Waals surface area contributed by atoms with Gasteiger partial charge in [0.15, 0.2) is 0 Å². The number of piperidine rings is 1. The largest absolute Gasteiger partial charge is 0.337 e. The quantitative estimate of drug-likeness (QED) is 0.871. The van der Waals surface area contributed by atoms with Gasteiger partial charge < -0.3 is 10.2 Å². The number of hydrogen-bond acceptors (Lipinski definition) is 3. The minimum absolute atomic E-state index is 0.188. The third-order valence-electron chi connectivity index (χ3n) is 4.55. The van der Waals surface area contributed by atoms with Crippen molar-refractivity contribution in [1.29, 1.82) is 0 Å². The van der Waals surface area contributed by atoms with Gasteiger partial charge in [-0.25, -0.2) is 0 Å². The molecule has 4 heteroatoms. The molecule has 3 aliphatic rings. The fourth-order valence-corrected chi connectivity index (χ4v) is 3.45. The molecule has 2 atom stereocenters. The second-order valence-electron chi connectivity index (χ2n) is 6.13. The molecule has 0 spiro atoms. The second-order valence-corrected chi connectivity index (χ2v) is 6.13. The molecule has 1 aromatic heterocycles. The van der Waals surface area contributed by atoms with Crippen molar-refractivity contribution in [1.82, 2.24) is 15.2 Å². The molecule has 0 unspecified atom stereocenters. The van der Waals surface area contributed by atoms with Gasteiger partial charge in [0.1, 0.15) is 0 Å². The zero-order chi connectivity index (χ0) is 12.8. The number of nitrogens with one attached hydrogen (secondary N) is 1. The van der Waals surface area contributed by atoms with Gasteiger partial charge in [-0.1, -0.05) is 0 Å². The van der Waals surface area contributed by atoms with Gasteiger partial charge in [-0.15, -0.1) is 0 Å². The molecule has 0 aromatic carbocycles. The first-order valence-corrected chi connectivity index (χ1v) is 7.29. The molecule has 100 valence electrons. The summed E-state index contributed by atoms with van der Waals surface area (Å²) in [5.41, 5.74) is 1.87. The van der Waals surface area contributed by atoms with E-state index in [1.807, 2.05) is 23.2 Å². The molecular formula is C15H19N3O. The molecular weight excluding hydrogens is 238 g/mol. The van der Waals surface area contributed by atoms with Crippen LogP contribution in [0.25, 0.3) is 0 Å². The number of pyridine rings is 1. The second kappa shape index (κ2) is 4.30. The highest BCUT2D eigenvalue weighted by Gasteiger charge is 2.37. The Balaban J connectivity index is 1.60. The summed E-state index contributed by atoms with van der Waals surface area (Å²) in [6.07, 6.45) is 5.41. The first-order chi connectivity index (χ1) is 9.31. The molecule has 3 heterocycles. The van der Waals surface area contributed by atoms with E-state index in [0.29, 0.717) is 17.9 Å². The van der Waals surface area contributed by atoms with Crippen molar-refractivity contribution < 1.29 is 4.79 Å². The smallest absolute Gasteiger partial charge is 0.255 e. The summed E-state index contributed by atoms with van der Waals surface area (Å²) < 4.78 is 0. The normalized spacial score (nSPS) is 29.6. The number of hydrogen-bond donors (Lipinski definition) is 1. The number of nitrogens with zero attached hydrogens (tertiary/aromatic N) is 2. The zero-order valence-electron chi connectivity index (χ0n) is 11.0. The van der Waals surface area contributed by atoms with Crippen LogP contribution in [0, 0.1) is 5.92 Å². The van der Waals surface area contributed by atoms with Crippen molar-refractivity contribution >= 4 is 5.91 Å². The lowest BCUT2D eigenvalue weighted by Crippen LogP contribution is -2.44. The summed E-state index contributed by atoms with van der Waals surface area (Å²) >= 11 is 0. The van der Waals surface area contributed by atoms with Gasteiger partial charge in [0.25, 0.3) is 5.91 Å². The van der Waals surface area contributed by atoms with E-state index >= 15 is 0 Å². The maximum absolute atomic E-state index is 12.7. The molecule has 2 aliphatic heterocycles. The van der Waals surface area contributed by atoms with Crippen LogP contribution in [0.1, 0.15) is 41.2 Å². The lowest BCUT2D eigenvalue weighted by Gasteiger charge is -2.31. The molecule has 4 nitrogen and oxygen atoms in total. The van der Waals surface area contributed by atoms with Crippen LogP contribution in [0.15, 0.2) is 18.3 Å². The van der Waals surface area contributed by atoms with Crippen molar-refractivity contribution in [3.05, 3.63) is 29.6 Å². The summed E-state index contributed by atoms with van der Waals surface area (Å²) in [4.78, 5) is 19.2. The van der Waals surface area contributed by atoms with Crippen molar-refractivity contribution in [2.45, 2.75) is 31.2 Å². The Morgan fingerprint density at radius 1 is 1.37 bits per heavy atom. The zero-order valence-corrected chi connectivity index (χ0v) is 11.0. The third kappa shape index (κ3) is 2.04. The molecule has 0 radical (unpaired) electrons. The average molecular weight is 257 g/mol. The molecule has 1 saturated carbocycles. The van der Waals surface area contributed by atoms with Crippen LogP contribution in [0.5, 0.6) is 0 Å². The summed E-state index contributed by atoms with van der Waals surface area (Å²) in [7, 11) is 0. The van der Waals surface area contributed by atoms with Crippen LogP contribution >= 0.6 is 0 Å². The van der Waals surface area contributed by atoms with Crippen LogP contribution in [0.3, 0.4) is 0 Å². The van der Waals surface area contributed by atoms with Gasteiger partial charge in [0, 0.05) is 37.8 Å². The van der Waals surface area contributed by atoms with Crippen molar-refractivity contribution in [2.24, 2.45) is 5.92 Å². The SMILES string of the molecule is O=C(c1cccnc1C1CC1)N1C[C@H]2CN[C@@H](C2)C1. The number of rotatable bonds is 2. The Labute approximate surface area is 113 Å². The fraction of sp³-hybridized carbons (Fsp3) is 0.600. The summed E-state index contributed by atoms with van der Waals surface area (Å²) in [6, 6.07) is 4.34. The topological polar surface area (TPSA) is 45.2 Å². The highest BCUT2D eigenvalue weighted by molar-refractivity contribution is 5.95. The Morgan fingerprint density at radius 3 is 3.05 bits per heavy atom. The van der Waals surface area contributed by atoms with E-state index in [4.69, 9.17) is 0 Å². The molecule has 1 N–H and O–H groups in total. The average Bonchev–Trinajstić information content (AvgIpc) is 3.24. The van der Waals surface area contributed by atoms with E-state index in [-0.39, 0.29) is 5.91 Å². The minimum atomic E-state index is 0.188. The van der Waals surface area contributed by atoms with Crippen LogP contribution in [-0.4, -0.2) is 41.5 Å². The number of aromatic nitrogens is 1. The molecule has 19 heavy (non-hydrogen) atoms. The van der Waals surface area contributed by atoms with Gasteiger partial charge in [-0.05, 0) is 37.3 Å². The molecule has 1 aromatic rings. The number of carbonyl (C=O) groups is 1. The Hall–Kier alpha value is -1.42. The maximum atomic E-state index is 12.7. The predicted octanol–water partition coefficient (Wildman–Crippen LogP) is 1.39. The van der Waals surface area contributed by atoms with E-state index in [1.165, 1.54) is 19.3 Å². The monoisotopic (exact) mass is 257 g/mol. The third-order valence-corrected chi connectivity index (χ3v) is 4.55. The molecule has 1 amide bonds. The molecule has 4 rings (SSSR count). The van der Waals surface area contributed by atoms with Gasteiger partial charge in [0.05, 0.1) is 11.3 Å². The number of likely N-dealkylation sites (tertiary alicyclic amines) is 1. The van der Waals surface area contributed by atoms with Gasteiger partial charge in [-0.3, -0.25) is 9.78 Å². The summed E-state index contributed by atoms with van der Waals surface area (Å²) in [5, 5.41) is 3.50. The van der Waals surface area contributed by atoms with E-state index in [1.54, 1.807) is 0 Å².